The lowest BCUT2D eigenvalue weighted by Gasteiger charge is -2.43. The van der Waals surface area contributed by atoms with Crippen LogP contribution in [-0.4, -0.2) is 50.9 Å². The van der Waals surface area contributed by atoms with E-state index >= 15 is 13.2 Å². The number of hydrogen-bond acceptors (Lipinski definition) is 4. The van der Waals surface area contributed by atoms with Crippen molar-refractivity contribution in [3.05, 3.63) is 70.5 Å². The first kappa shape index (κ1) is 39.3. The number of anilines is 1. The zero-order valence-electron chi connectivity index (χ0n) is 31.2. The van der Waals surface area contributed by atoms with E-state index in [0.29, 0.717) is 31.2 Å². The van der Waals surface area contributed by atoms with Crippen LogP contribution in [0.1, 0.15) is 134 Å². The minimum atomic E-state index is -3.28. The molecule has 0 saturated carbocycles. The highest BCUT2D eigenvalue weighted by Crippen LogP contribution is 2.47. The molecule has 0 bridgehead atoms. The third kappa shape index (κ3) is 9.46. The Kier molecular flexibility index (Phi) is 13.8. The van der Waals surface area contributed by atoms with Crippen LogP contribution in [0.15, 0.2) is 42.3 Å². The van der Waals surface area contributed by atoms with Crippen molar-refractivity contribution in [2.45, 2.75) is 137 Å². The van der Waals surface area contributed by atoms with Gasteiger partial charge in [-0.3, -0.25) is 4.90 Å². The number of aromatic nitrogens is 2. The van der Waals surface area contributed by atoms with Gasteiger partial charge in [0.15, 0.2) is 0 Å². The molecule has 1 N–H and O–H groups in total. The largest absolute Gasteiger partial charge is 0.363 e. The molecule has 4 nitrogen and oxygen atoms in total. The maximum Gasteiger partial charge on any atom is 0.278 e. The third-order valence-electron chi connectivity index (χ3n) is 11.3. The third-order valence-corrected chi connectivity index (χ3v) is 12.9. The summed E-state index contributed by atoms with van der Waals surface area (Å²) in [6.45, 7) is 19.5. The zero-order valence-corrected chi connectivity index (χ0v) is 32.0. The van der Waals surface area contributed by atoms with E-state index < -0.39 is 29.3 Å². The summed E-state index contributed by atoms with van der Waals surface area (Å²) in [7, 11) is 0.193. The summed E-state index contributed by atoms with van der Waals surface area (Å²) < 4.78 is 48.7. The van der Waals surface area contributed by atoms with Crippen molar-refractivity contribution in [1.29, 1.82) is 0 Å². The number of likely N-dealkylation sites (tertiary alicyclic amines) is 1. The van der Waals surface area contributed by atoms with E-state index in [1.165, 1.54) is 44.5 Å². The second kappa shape index (κ2) is 17.2. The van der Waals surface area contributed by atoms with Gasteiger partial charge in [-0.25, -0.2) is 23.1 Å². The standard InChI is InChI=1S/C41H61F3N4S/c1-10-11-12-13-14-16-29(4)48-22-19-33(25-30(48)5)41(43,44)36-18-15-17-34(38(36)42)32(7)47-39-35(31(6)45-27-46-39)26-37(28(2)3)40(8)20-23-49(9)24-21-40/h15,17-18,26-27,29-30,32-33H,2,9-14,16,19-25H2,1,3-8H3,(H,45,46,47)/b37-26+/t29?,30?,32-,33?,40?,49?/m1/s1. The Morgan fingerprint density at radius 1 is 1.16 bits per heavy atom. The molecule has 0 amide bonds. The van der Waals surface area contributed by atoms with Crippen LogP contribution < -0.4 is 5.32 Å². The fourth-order valence-corrected chi connectivity index (χ4v) is 9.67. The molecule has 4 atom stereocenters. The van der Waals surface area contributed by atoms with Crippen LogP contribution in [0.3, 0.4) is 0 Å². The molecule has 0 radical (unpaired) electrons. The summed E-state index contributed by atoms with van der Waals surface area (Å²) in [6, 6.07) is 4.21. The van der Waals surface area contributed by atoms with Crippen molar-refractivity contribution in [2.24, 2.45) is 11.3 Å². The second-order valence-corrected chi connectivity index (χ2v) is 17.2. The van der Waals surface area contributed by atoms with E-state index in [0.717, 1.165) is 53.2 Å². The van der Waals surface area contributed by atoms with Crippen LogP contribution >= 0.6 is 10.5 Å². The SMILES string of the molecule is C=C(C)/C(=C\c1c(C)ncnc1N[C@H](C)c1cccc(C(F)(F)C2CCN(C(C)CCCCCCC)C(C)C2)c1F)C1(C)CCS(=C)CC1. The van der Waals surface area contributed by atoms with E-state index in [1.54, 1.807) is 19.1 Å². The van der Waals surface area contributed by atoms with Crippen LogP contribution in [0.2, 0.25) is 0 Å². The van der Waals surface area contributed by atoms with Crippen molar-refractivity contribution >= 4 is 28.2 Å². The molecule has 2 saturated heterocycles. The number of nitrogens with one attached hydrogen (secondary N) is 1. The minimum absolute atomic E-state index is 0.0232. The molecule has 3 unspecified atom stereocenters. The minimum Gasteiger partial charge on any atom is -0.363 e. The van der Waals surface area contributed by atoms with Crippen LogP contribution in [0, 0.1) is 24.1 Å². The number of unbranched alkanes of at least 4 members (excludes halogenated alkanes) is 4. The predicted octanol–water partition coefficient (Wildman–Crippen LogP) is 11.5. The highest BCUT2D eigenvalue weighted by atomic mass is 32.2. The smallest absolute Gasteiger partial charge is 0.278 e. The Hall–Kier alpha value is -2.45. The van der Waals surface area contributed by atoms with Gasteiger partial charge in [-0.2, -0.15) is 10.5 Å². The van der Waals surface area contributed by atoms with Gasteiger partial charge >= 0.3 is 0 Å². The number of benzene rings is 1. The van der Waals surface area contributed by atoms with E-state index in [9.17, 15) is 0 Å². The van der Waals surface area contributed by atoms with Gasteiger partial charge < -0.3 is 5.32 Å². The van der Waals surface area contributed by atoms with Crippen LogP contribution in [0.4, 0.5) is 19.0 Å². The number of aryl methyl sites for hydroxylation is 1. The summed E-state index contributed by atoms with van der Waals surface area (Å²) >= 11 is 0. The lowest BCUT2D eigenvalue weighted by Crippen LogP contribution is -2.48. The summed E-state index contributed by atoms with van der Waals surface area (Å²) in [5.41, 5.74) is 3.40. The molecule has 2 aliphatic rings. The summed E-state index contributed by atoms with van der Waals surface area (Å²) in [4.78, 5) is 11.4. The number of rotatable bonds is 15. The van der Waals surface area contributed by atoms with E-state index in [4.69, 9.17) is 0 Å². The first-order chi connectivity index (χ1) is 23.2. The van der Waals surface area contributed by atoms with Crippen molar-refractivity contribution in [3.63, 3.8) is 0 Å². The number of nitrogens with zero attached hydrogens (tertiary/aromatic N) is 3. The monoisotopic (exact) mass is 698 g/mol. The molecule has 2 aliphatic heterocycles. The Labute approximate surface area is 297 Å². The summed E-state index contributed by atoms with van der Waals surface area (Å²) in [5.74, 6) is 2.00. The van der Waals surface area contributed by atoms with Gasteiger partial charge in [-0.1, -0.05) is 82.2 Å². The Morgan fingerprint density at radius 2 is 1.86 bits per heavy atom. The van der Waals surface area contributed by atoms with E-state index in [-0.39, 0.29) is 27.5 Å². The molecule has 2 aromatic rings. The van der Waals surface area contributed by atoms with Crippen molar-refractivity contribution in [2.75, 3.05) is 23.4 Å². The molecular formula is C41H61F3N4S. The number of piperidine rings is 1. The number of halogens is 3. The lowest BCUT2D eigenvalue weighted by molar-refractivity contribution is -0.100. The quantitative estimate of drug-likeness (QED) is 0.114. The highest BCUT2D eigenvalue weighted by Gasteiger charge is 2.47. The van der Waals surface area contributed by atoms with Gasteiger partial charge in [0.25, 0.3) is 5.92 Å². The van der Waals surface area contributed by atoms with Crippen molar-refractivity contribution < 1.29 is 13.2 Å². The first-order valence-corrected chi connectivity index (χ1v) is 20.3. The van der Waals surface area contributed by atoms with Gasteiger partial charge in [0.05, 0.1) is 17.3 Å². The molecule has 0 aliphatic carbocycles. The molecule has 1 aromatic heterocycles. The Morgan fingerprint density at radius 3 is 2.51 bits per heavy atom. The molecule has 4 rings (SSSR count). The maximum atomic E-state index is 16.2. The molecule has 272 valence electrons. The van der Waals surface area contributed by atoms with Gasteiger partial charge in [-0.15, -0.1) is 0 Å². The van der Waals surface area contributed by atoms with Crippen LogP contribution in [-0.2, 0) is 5.92 Å². The topological polar surface area (TPSA) is 41.1 Å². The average molecular weight is 699 g/mol. The fraction of sp³-hybridized carbons (Fsp3) is 0.634. The normalized spacial score (nSPS) is 25.2. The van der Waals surface area contributed by atoms with Gasteiger partial charge in [0, 0.05) is 29.1 Å². The number of alkyl halides is 2. The van der Waals surface area contributed by atoms with Crippen molar-refractivity contribution in [1.82, 2.24) is 14.9 Å². The molecule has 49 heavy (non-hydrogen) atoms. The maximum absolute atomic E-state index is 16.2. The number of hydrogen-bond donors (Lipinski definition) is 1. The van der Waals surface area contributed by atoms with Gasteiger partial charge in [0.1, 0.15) is 18.0 Å². The van der Waals surface area contributed by atoms with Crippen LogP contribution in [0.25, 0.3) is 6.08 Å². The summed E-state index contributed by atoms with van der Waals surface area (Å²) in [5, 5.41) is 3.36. The number of allylic oxidation sites excluding steroid dienone is 2. The summed E-state index contributed by atoms with van der Waals surface area (Å²) in [6.07, 6.45) is 13.6. The average Bonchev–Trinajstić information content (AvgIpc) is 3.05. The lowest BCUT2D eigenvalue weighted by atomic mass is 9.73. The Balaban J connectivity index is 1.52. The van der Waals surface area contributed by atoms with E-state index in [2.05, 4.69) is 66.4 Å². The highest BCUT2D eigenvalue weighted by molar-refractivity contribution is 8.14. The molecular weight excluding hydrogens is 638 g/mol. The van der Waals surface area contributed by atoms with Crippen LogP contribution in [0.5, 0.6) is 0 Å². The van der Waals surface area contributed by atoms with Gasteiger partial charge in [-0.05, 0) is 102 Å². The first-order valence-electron chi connectivity index (χ1n) is 18.5. The van der Waals surface area contributed by atoms with Crippen molar-refractivity contribution in [3.8, 4) is 0 Å². The molecule has 2 fully saturated rings. The zero-order chi connectivity index (χ0) is 35.9. The predicted molar refractivity (Wildman–Crippen MR) is 205 cm³/mol. The molecule has 0 spiro atoms. The second-order valence-electron chi connectivity index (χ2n) is 15.2. The molecule has 3 heterocycles. The Bertz CT molecular complexity index is 1480. The molecule has 8 heteroatoms. The molecule has 1 aromatic carbocycles. The fourth-order valence-electron chi connectivity index (χ4n) is 7.99. The van der Waals surface area contributed by atoms with Gasteiger partial charge in [0.2, 0.25) is 0 Å². The van der Waals surface area contributed by atoms with E-state index in [1.807, 2.05) is 13.8 Å².